The molecular formula is C16H17N3O5. The highest BCUT2D eigenvalue weighted by Crippen LogP contribution is 2.17. The molecule has 0 unspecified atom stereocenters. The van der Waals surface area contributed by atoms with Gasteiger partial charge >= 0.3 is 0 Å². The van der Waals surface area contributed by atoms with Crippen LogP contribution in [0, 0.1) is 17.0 Å². The van der Waals surface area contributed by atoms with Crippen LogP contribution in [-0.2, 0) is 11.3 Å². The molecule has 1 aromatic heterocycles. The number of amides is 1. The van der Waals surface area contributed by atoms with E-state index >= 15 is 0 Å². The predicted molar refractivity (Wildman–Crippen MR) is 88.3 cm³/mol. The Hall–Kier alpha value is -3.16. The fourth-order valence-corrected chi connectivity index (χ4v) is 2.20. The van der Waals surface area contributed by atoms with Crippen molar-refractivity contribution >= 4 is 17.3 Å². The highest BCUT2D eigenvalue weighted by Gasteiger charge is 2.16. The van der Waals surface area contributed by atoms with Gasteiger partial charge in [-0.05, 0) is 38.1 Å². The number of carbonyl (C=O) groups is 1. The first-order valence-electron chi connectivity index (χ1n) is 7.30. The Kier molecular flexibility index (Phi) is 5.31. The van der Waals surface area contributed by atoms with Gasteiger partial charge in [0, 0.05) is 17.8 Å². The number of aromatic nitrogens is 1. The fraction of sp³-hybridized carbons (Fsp3) is 0.250. The maximum atomic E-state index is 12.1. The van der Waals surface area contributed by atoms with Crippen LogP contribution in [0.4, 0.5) is 11.4 Å². The quantitative estimate of drug-likeness (QED) is 0.645. The van der Waals surface area contributed by atoms with Crippen LogP contribution < -0.4 is 15.6 Å². The number of nitrogens with zero attached hydrogens (tertiary/aromatic N) is 2. The molecule has 0 spiro atoms. The molecule has 0 radical (unpaired) electrons. The highest BCUT2D eigenvalue weighted by atomic mass is 16.6. The van der Waals surface area contributed by atoms with Crippen molar-refractivity contribution in [2.75, 3.05) is 11.9 Å². The maximum absolute atomic E-state index is 12.1. The molecule has 0 aliphatic carbocycles. The van der Waals surface area contributed by atoms with Gasteiger partial charge in [-0.3, -0.25) is 24.3 Å². The highest BCUT2D eigenvalue weighted by molar-refractivity contribution is 5.90. The third-order valence-corrected chi connectivity index (χ3v) is 3.37. The summed E-state index contributed by atoms with van der Waals surface area (Å²) < 4.78 is 6.38. The minimum absolute atomic E-state index is 0.134. The van der Waals surface area contributed by atoms with E-state index in [-0.39, 0.29) is 17.9 Å². The average Bonchev–Trinajstić information content (AvgIpc) is 2.53. The number of nitro groups is 1. The summed E-state index contributed by atoms with van der Waals surface area (Å²) in [6.07, 6.45) is 0. The monoisotopic (exact) mass is 331 g/mol. The molecule has 0 bridgehead atoms. The van der Waals surface area contributed by atoms with Crippen LogP contribution in [0.5, 0.6) is 5.75 Å². The molecule has 1 amide bonds. The first-order valence-corrected chi connectivity index (χ1v) is 7.30. The number of hydrogen-bond donors (Lipinski definition) is 1. The summed E-state index contributed by atoms with van der Waals surface area (Å²) in [5.41, 5.74) is -0.00246. The zero-order chi connectivity index (χ0) is 17.7. The van der Waals surface area contributed by atoms with Crippen molar-refractivity contribution in [3.63, 3.8) is 0 Å². The van der Waals surface area contributed by atoms with E-state index in [4.69, 9.17) is 4.74 Å². The molecule has 0 saturated heterocycles. The van der Waals surface area contributed by atoms with Crippen molar-refractivity contribution in [3.05, 3.63) is 62.6 Å². The lowest BCUT2D eigenvalue weighted by Gasteiger charge is -2.11. The molecular weight excluding hydrogens is 314 g/mol. The standard InChI is InChI=1S/C16H17N3O5/c1-3-24-13-6-4-12(5-7-13)17-15(20)10-18-11(2)14(19(22)23)8-9-16(18)21/h4-9H,3,10H2,1-2H3,(H,17,20). The summed E-state index contributed by atoms with van der Waals surface area (Å²) in [6.45, 7) is 3.54. The topological polar surface area (TPSA) is 103 Å². The third kappa shape index (κ3) is 3.97. The largest absolute Gasteiger partial charge is 0.494 e. The molecule has 0 atom stereocenters. The molecule has 0 aliphatic heterocycles. The number of carbonyl (C=O) groups excluding carboxylic acids is 1. The lowest BCUT2D eigenvalue weighted by atomic mass is 10.3. The summed E-state index contributed by atoms with van der Waals surface area (Å²) in [6, 6.07) is 8.99. The predicted octanol–water partition coefficient (Wildman–Crippen LogP) is 2.10. The van der Waals surface area contributed by atoms with Crippen LogP contribution >= 0.6 is 0 Å². The van der Waals surface area contributed by atoms with Crippen molar-refractivity contribution in [2.24, 2.45) is 0 Å². The van der Waals surface area contributed by atoms with E-state index in [2.05, 4.69) is 5.32 Å². The molecule has 0 aliphatic rings. The second-order valence-corrected chi connectivity index (χ2v) is 4.99. The smallest absolute Gasteiger partial charge is 0.288 e. The van der Waals surface area contributed by atoms with Gasteiger partial charge in [0.25, 0.3) is 11.2 Å². The molecule has 1 aromatic carbocycles. The van der Waals surface area contributed by atoms with E-state index in [1.807, 2.05) is 6.92 Å². The summed E-state index contributed by atoms with van der Waals surface area (Å²) in [7, 11) is 0. The molecule has 126 valence electrons. The fourth-order valence-electron chi connectivity index (χ4n) is 2.20. The zero-order valence-corrected chi connectivity index (χ0v) is 13.3. The molecule has 2 aromatic rings. The molecule has 24 heavy (non-hydrogen) atoms. The molecule has 1 N–H and O–H groups in total. The Morgan fingerprint density at radius 2 is 1.92 bits per heavy atom. The van der Waals surface area contributed by atoms with E-state index in [0.29, 0.717) is 18.0 Å². The number of hydrogen-bond acceptors (Lipinski definition) is 5. The van der Waals surface area contributed by atoms with Gasteiger partial charge in [0.2, 0.25) is 5.91 Å². The summed E-state index contributed by atoms with van der Waals surface area (Å²) >= 11 is 0. The Morgan fingerprint density at radius 1 is 1.25 bits per heavy atom. The average molecular weight is 331 g/mol. The van der Waals surface area contributed by atoms with E-state index in [0.717, 1.165) is 16.7 Å². The zero-order valence-electron chi connectivity index (χ0n) is 13.3. The van der Waals surface area contributed by atoms with Gasteiger partial charge in [-0.2, -0.15) is 0 Å². The number of anilines is 1. The summed E-state index contributed by atoms with van der Waals surface area (Å²) in [5, 5.41) is 13.6. The Bertz CT molecular complexity index is 811. The number of pyridine rings is 1. The first kappa shape index (κ1) is 17.2. The van der Waals surface area contributed by atoms with Crippen LogP contribution in [0.25, 0.3) is 0 Å². The van der Waals surface area contributed by atoms with E-state index < -0.39 is 16.4 Å². The number of benzene rings is 1. The second kappa shape index (κ2) is 7.40. The first-order chi connectivity index (χ1) is 11.4. The van der Waals surface area contributed by atoms with Gasteiger partial charge < -0.3 is 10.1 Å². The Labute approximate surface area is 137 Å². The number of nitrogens with one attached hydrogen (secondary N) is 1. The van der Waals surface area contributed by atoms with Crippen molar-refractivity contribution in [1.82, 2.24) is 4.57 Å². The lowest BCUT2D eigenvalue weighted by Crippen LogP contribution is -2.29. The number of ether oxygens (including phenoxy) is 1. The summed E-state index contributed by atoms with van der Waals surface area (Å²) in [5.74, 6) is 0.228. The van der Waals surface area contributed by atoms with Crippen LogP contribution in [-0.4, -0.2) is 22.0 Å². The second-order valence-electron chi connectivity index (χ2n) is 4.99. The SMILES string of the molecule is CCOc1ccc(NC(=O)Cn2c(C)c([N+](=O)[O-])ccc2=O)cc1. The van der Waals surface area contributed by atoms with Crippen LogP contribution in [0.1, 0.15) is 12.6 Å². The van der Waals surface area contributed by atoms with E-state index in [9.17, 15) is 19.7 Å². The minimum atomic E-state index is -0.588. The van der Waals surface area contributed by atoms with Crippen molar-refractivity contribution in [1.29, 1.82) is 0 Å². The molecule has 0 fully saturated rings. The Balaban J connectivity index is 2.14. The lowest BCUT2D eigenvalue weighted by molar-refractivity contribution is -0.386. The maximum Gasteiger partial charge on any atom is 0.288 e. The van der Waals surface area contributed by atoms with Crippen molar-refractivity contribution < 1.29 is 14.5 Å². The molecule has 8 heteroatoms. The van der Waals surface area contributed by atoms with E-state index in [1.54, 1.807) is 24.3 Å². The van der Waals surface area contributed by atoms with Gasteiger partial charge in [0.15, 0.2) is 0 Å². The van der Waals surface area contributed by atoms with Gasteiger partial charge in [0.05, 0.1) is 17.2 Å². The van der Waals surface area contributed by atoms with Gasteiger partial charge in [-0.25, -0.2) is 0 Å². The van der Waals surface area contributed by atoms with Crippen LogP contribution in [0.3, 0.4) is 0 Å². The van der Waals surface area contributed by atoms with Gasteiger partial charge in [-0.1, -0.05) is 0 Å². The van der Waals surface area contributed by atoms with Crippen LogP contribution in [0.15, 0.2) is 41.2 Å². The summed E-state index contributed by atoms with van der Waals surface area (Å²) in [4.78, 5) is 34.3. The van der Waals surface area contributed by atoms with E-state index in [1.165, 1.54) is 6.92 Å². The number of rotatable bonds is 6. The third-order valence-electron chi connectivity index (χ3n) is 3.37. The van der Waals surface area contributed by atoms with Gasteiger partial charge in [-0.15, -0.1) is 0 Å². The minimum Gasteiger partial charge on any atom is -0.494 e. The molecule has 1 heterocycles. The molecule has 8 nitrogen and oxygen atoms in total. The van der Waals surface area contributed by atoms with Gasteiger partial charge in [0.1, 0.15) is 12.3 Å². The van der Waals surface area contributed by atoms with Crippen molar-refractivity contribution in [3.8, 4) is 5.75 Å². The van der Waals surface area contributed by atoms with Crippen LogP contribution in [0.2, 0.25) is 0 Å². The normalized spacial score (nSPS) is 10.2. The Morgan fingerprint density at radius 3 is 2.50 bits per heavy atom. The molecule has 0 saturated carbocycles. The van der Waals surface area contributed by atoms with Crippen molar-refractivity contribution in [2.45, 2.75) is 20.4 Å². The molecule has 2 rings (SSSR count).